The van der Waals surface area contributed by atoms with Gasteiger partial charge in [0.15, 0.2) is 0 Å². The van der Waals surface area contributed by atoms with Crippen LogP contribution in [-0.4, -0.2) is 76.6 Å². The summed E-state index contributed by atoms with van der Waals surface area (Å²) in [6.45, 7) is 18.5. The lowest BCUT2D eigenvalue weighted by Gasteiger charge is -2.36. The fraction of sp³-hybridized carbons (Fsp3) is 0.957. The Morgan fingerprint density at radius 2 is 0.692 bits per heavy atom. The first kappa shape index (κ1) is 48.9. The molecule has 308 valence electrons. The Kier molecular flexibility index (Phi) is 31.2. The van der Waals surface area contributed by atoms with Crippen LogP contribution in [0.3, 0.4) is 0 Å². The molecule has 0 N–H and O–H groups in total. The van der Waals surface area contributed by atoms with Crippen molar-refractivity contribution in [1.82, 2.24) is 19.6 Å². The number of rotatable bonds is 39. The van der Waals surface area contributed by atoms with Gasteiger partial charge in [0.2, 0.25) is 0 Å². The van der Waals surface area contributed by atoms with Crippen LogP contribution >= 0.6 is 0 Å². The Hall–Kier alpha value is -1.14. The van der Waals surface area contributed by atoms with Gasteiger partial charge in [-0.05, 0) is 65.2 Å². The highest BCUT2D eigenvalue weighted by atomic mass is 16.2. The minimum absolute atomic E-state index is 0.0368. The average molecular weight is 733 g/mol. The normalized spacial score (nSPS) is 16.5. The molecule has 6 nitrogen and oxygen atoms in total. The predicted octanol–water partition coefficient (Wildman–Crippen LogP) is 13.7. The predicted molar refractivity (Wildman–Crippen MR) is 227 cm³/mol. The summed E-state index contributed by atoms with van der Waals surface area (Å²) in [6.07, 6.45) is 38.5. The molecule has 0 saturated carbocycles. The number of urea groups is 1. The van der Waals surface area contributed by atoms with Gasteiger partial charge >= 0.3 is 6.03 Å². The maximum absolute atomic E-state index is 14.6. The van der Waals surface area contributed by atoms with Crippen molar-refractivity contribution in [2.75, 3.05) is 39.5 Å². The van der Waals surface area contributed by atoms with Crippen LogP contribution in [0.1, 0.15) is 241 Å². The van der Waals surface area contributed by atoms with Crippen molar-refractivity contribution in [2.24, 2.45) is 0 Å². The largest absolute Gasteiger partial charge is 0.329 e. The van der Waals surface area contributed by atoms with Crippen molar-refractivity contribution in [3.05, 3.63) is 0 Å². The first-order valence-electron chi connectivity index (χ1n) is 23.5. The first-order valence-corrected chi connectivity index (χ1v) is 23.5. The molecule has 1 rings (SSSR count). The zero-order valence-electron chi connectivity index (χ0n) is 36.3. The van der Waals surface area contributed by atoms with Crippen LogP contribution in [0.2, 0.25) is 0 Å². The number of carbonyl (C=O) groups excluding carboxylic acids is 2. The Bertz CT molecular complexity index is 805. The standard InChI is InChI=1S/C46H92N4O2/c1-7-12-17-22-27-32-37-46(6)44(51)49(42-47(38-33-28-23-18-13-8-2)39-34-29-24-19-14-9-3)45(52)50(46)43-48(40-35-30-25-20-15-10-4)41-36-31-26-21-16-11-5/h7-43H2,1-6H3. The molecule has 0 radical (unpaired) electrons. The monoisotopic (exact) mass is 733 g/mol. The van der Waals surface area contributed by atoms with Crippen LogP contribution in [0.4, 0.5) is 4.79 Å². The Morgan fingerprint density at radius 1 is 0.404 bits per heavy atom. The molecule has 0 aromatic rings. The molecule has 6 heteroatoms. The lowest BCUT2D eigenvalue weighted by Crippen LogP contribution is -2.52. The third kappa shape index (κ3) is 21.7. The molecule has 0 aromatic carbocycles. The maximum Gasteiger partial charge on any atom is 0.329 e. The maximum atomic E-state index is 14.6. The third-order valence-corrected chi connectivity index (χ3v) is 11.8. The molecule has 0 bridgehead atoms. The van der Waals surface area contributed by atoms with Gasteiger partial charge in [0.25, 0.3) is 5.91 Å². The molecule has 1 saturated heterocycles. The van der Waals surface area contributed by atoms with Crippen molar-refractivity contribution in [3.8, 4) is 0 Å². The van der Waals surface area contributed by atoms with Gasteiger partial charge in [0, 0.05) is 0 Å². The number of hydrogen-bond acceptors (Lipinski definition) is 4. The second-order valence-electron chi connectivity index (χ2n) is 16.8. The lowest BCUT2D eigenvalue weighted by atomic mass is 9.92. The minimum Gasteiger partial charge on any atom is -0.297 e. The molecule has 1 atom stereocenters. The minimum atomic E-state index is -0.756. The molecule has 1 fully saturated rings. The van der Waals surface area contributed by atoms with E-state index in [-0.39, 0.29) is 11.9 Å². The summed E-state index contributed by atoms with van der Waals surface area (Å²) >= 11 is 0. The van der Waals surface area contributed by atoms with Gasteiger partial charge in [-0.1, -0.05) is 202 Å². The smallest absolute Gasteiger partial charge is 0.297 e. The van der Waals surface area contributed by atoms with E-state index < -0.39 is 5.54 Å². The summed E-state index contributed by atoms with van der Waals surface area (Å²) in [5.41, 5.74) is -0.756. The number of hydrogen-bond donors (Lipinski definition) is 0. The van der Waals surface area contributed by atoms with Crippen LogP contribution < -0.4 is 0 Å². The molecule has 0 aromatic heterocycles. The molecule has 0 spiro atoms. The van der Waals surface area contributed by atoms with E-state index in [1.54, 1.807) is 4.90 Å². The first-order chi connectivity index (χ1) is 25.4. The van der Waals surface area contributed by atoms with Gasteiger partial charge in [-0.25, -0.2) is 9.69 Å². The van der Waals surface area contributed by atoms with Crippen molar-refractivity contribution >= 4 is 11.9 Å². The van der Waals surface area contributed by atoms with E-state index >= 15 is 0 Å². The van der Waals surface area contributed by atoms with E-state index in [1.165, 1.54) is 167 Å². The Morgan fingerprint density at radius 3 is 1.04 bits per heavy atom. The molecule has 1 aliphatic rings. The fourth-order valence-corrected chi connectivity index (χ4v) is 8.05. The number of amides is 3. The Labute approximate surface area is 326 Å². The topological polar surface area (TPSA) is 47.1 Å². The molecule has 1 aliphatic heterocycles. The molecule has 52 heavy (non-hydrogen) atoms. The molecular formula is C46H92N4O2. The summed E-state index contributed by atoms with van der Waals surface area (Å²) in [4.78, 5) is 37.8. The highest BCUT2D eigenvalue weighted by molar-refractivity contribution is 6.06. The Balaban J connectivity index is 3.14. The SMILES string of the molecule is CCCCCCCCN(CCCCCCCC)CN1C(=O)N(CN(CCCCCCCC)CCCCCCCC)C(C)(CCCCCCCC)C1=O. The number of unbranched alkanes of at least 4 members (excludes halogenated alkanes) is 25. The van der Waals surface area contributed by atoms with Gasteiger partial charge in [-0.15, -0.1) is 0 Å². The zero-order valence-corrected chi connectivity index (χ0v) is 36.3. The van der Waals surface area contributed by atoms with E-state index in [4.69, 9.17) is 0 Å². The van der Waals surface area contributed by atoms with Gasteiger partial charge < -0.3 is 0 Å². The van der Waals surface area contributed by atoms with Crippen LogP contribution in [0.25, 0.3) is 0 Å². The molecule has 0 aliphatic carbocycles. The van der Waals surface area contributed by atoms with Gasteiger partial charge in [0.05, 0.1) is 13.3 Å². The second kappa shape index (κ2) is 33.2. The third-order valence-electron chi connectivity index (χ3n) is 11.8. The van der Waals surface area contributed by atoms with E-state index in [1.807, 2.05) is 4.90 Å². The van der Waals surface area contributed by atoms with Crippen LogP contribution in [-0.2, 0) is 4.79 Å². The van der Waals surface area contributed by atoms with Crippen LogP contribution in [0.15, 0.2) is 0 Å². The summed E-state index contributed by atoms with van der Waals surface area (Å²) in [5.74, 6) is 0.0565. The second-order valence-corrected chi connectivity index (χ2v) is 16.8. The van der Waals surface area contributed by atoms with E-state index in [0.717, 1.165) is 58.3 Å². The van der Waals surface area contributed by atoms with Crippen molar-refractivity contribution in [1.29, 1.82) is 0 Å². The summed E-state index contributed by atoms with van der Waals surface area (Å²) in [5, 5.41) is 0. The number of nitrogens with zero attached hydrogens (tertiary/aromatic N) is 4. The summed E-state index contributed by atoms with van der Waals surface area (Å²) in [7, 11) is 0. The quantitative estimate of drug-likeness (QED) is 0.0466. The molecule has 1 heterocycles. The van der Waals surface area contributed by atoms with E-state index in [0.29, 0.717) is 13.3 Å². The van der Waals surface area contributed by atoms with Crippen LogP contribution in [0, 0.1) is 0 Å². The highest BCUT2D eigenvalue weighted by Crippen LogP contribution is 2.34. The average Bonchev–Trinajstić information content (AvgIpc) is 3.31. The highest BCUT2D eigenvalue weighted by Gasteiger charge is 2.54. The number of carbonyl (C=O) groups is 2. The summed E-state index contributed by atoms with van der Waals surface area (Å²) < 4.78 is 0. The van der Waals surface area contributed by atoms with Crippen molar-refractivity contribution in [3.63, 3.8) is 0 Å². The van der Waals surface area contributed by atoms with Crippen LogP contribution in [0.5, 0.6) is 0 Å². The number of imide groups is 1. The molecule has 3 amide bonds. The lowest BCUT2D eigenvalue weighted by molar-refractivity contribution is -0.134. The van der Waals surface area contributed by atoms with E-state index in [2.05, 4.69) is 51.3 Å². The van der Waals surface area contributed by atoms with Gasteiger partial charge in [0.1, 0.15) is 5.54 Å². The summed E-state index contributed by atoms with van der Waals surface area (Å²) in [6, 6.07) is -0.0368. The zero-order chi connectivity index (χ0) is 38.1. The van der Waals surface area contributed by atoms with Crippen molar-refractivity contribution < 1.29 is 9.59 Å². The fourth-order valence-electron chi connectivity index (χ4n) is 8.05. The van der Waals surface area contributed by atoms with Gasteiger partial charge in [-0.3, -0.25) is 19.5 Å². The van der Waals surface area contributed by atoms with Gasteiger partial charge in [-0.2, -0.15) is 0 Å². The van der Waals surface area contributed by atoms with E-state index in [9.17, 15) is 9.59 Å². The molecule has 1 unspecified atom stereocenters. The van der Waals surface area contributed by atoms with Crippen molar-refractivity contribution in [2.45, 2.75) is 246 Å². The molecular weight excluding hydrogens is 641 g/mol.